The smallest absolute Gasteiger partial charge is 0.366 e. The van der Waals surface area contributed by atoms with E-state index in [0.29, 0.717) is 6.54 Å². The van der Waals surface area contributed by atoms with Gasteiger partial charge in [0.15, 0.2) is 0 Å². The van der Waals surface area contributed by atoms with Crippen molar-refractivity contribution in [2.75, 3.05) is 11.4 Å². The van der Waals surface area contributed by atoms with Crippen molar-refractivity contribution in [2.45, 2.75) is 32.5 Å². The number of rotatable bonds is 2. The van der Waals surface area contributed by atoms with Gasteiger partial charge in [-0.2, -0.15) is 13.2 Å². The summed E-state index contributed by atoms with van der Waals surface area (Å²) in [5.74, 6) is 0. The number of alkyl halides is 3. The van der Waals surface area contributed by atoms with Crippen molar-refractivity contribution >= 4 is 21.6 Å². The maximum Gasteiger partial charge on any atom is 0.433 e. The molecule has 2 aromatic rings. The average molecular weight is 386 g/mol. The Labute approximate surface area is 140 Å². The maximum atomic E-state index is 12.6. The van der Waals surface area contributed by atoms with Crippen LogP contribution in [0.2, 0.25) is 0 Å². The number of hydrogen-bond acceptors (Lipinski definition) is 3. The van der Waals surface area contributed by atoms with E-state index in [1.165, 1.54) is 12.3 Å². The van der Waals surface area contributed by atoms with Gasteiger partial charge in [-0.25, -0.2) is 4.98 Å². The van der Waals surface area contributed by atoms with Crippen molar-refractivity contribution in [3.8, 4) is 0 Å². The minimum absolute atomic E-state index is 0.529. The van der Waals surface area contributed by atoms with Crippen LogP contribution >= 0.6 is 15.9 Å². The Hall–Kier alpha value is -1.63. The zero-order chi connectivity index (χ0) is 16.6. The zero-order valence-electron chi connectivity index (χ0n) is 12.5. The molecule has 3 nitrogen and oxygen atoms in total. The van der Waals surface area contributed by atoms with Gasteiger partial charge in [0.05, 0.1) is 11.4 Å². The molecule has 0 aliphatic carbocycles. The summed E-state index contributed by atoms with van der Waals surface area (Å²) in [5.41, 5.74) is 3.01. The maximum absolute atomic E-state index is 12.6. The molecule has 0 bridgehead atoms. The van der Waals surface area contributed by atoms with Gasteiger partial charge in [-0.05, 0) is 59.0 Å². The van der Waals surface area contributed by atoms with Crippen LogP contribution in [0.15, 0.2) is 29.0 Å². The zero-order valence-corrected chi connectivity index (χ0v) is 14.1. The molecule has 23 heavy (non-hydrogen) atoms. The van der Waals surface area contributed by atoms with E-state index in [0.717, 1.165) is 52.6 Å². The predicted octanol–water partition coefficient (Wildman–Crippen LogP) is 4.52. The van der Waals surface area contributed by atoms with Crippen LogP contribution in [0.25, 0.3) is 0 Å². The van der Waals surface area contributed by atoms with E-state index in [4.69, 9.17) is 0 Å². The summed E-state index contributed by atoms with van der Waals surface area (Å²) in [6.07, 6.45) is -1.21. The van der Waals surface area contributed by atoms with Gasteiger partial charge in [-0.15, -0.1) is 0 Å². The predicted molar refractivity (Wildman–Crippen MR) is 85.3 cm³/mol. The summed E-state index contributed by atoms with van der Waals surface area (Å²) in [5, 5.41) is 0. The Morgan fingerprint density at radius 1 is 1.30 bits per heavy atom. The first-order chi connectivity index (χ1) is 10.8. The lowest BCUT2D eigenvalue weighted by Gasteiger charge is -2.31. The van der Waals surface area contributed by atoms with Crippen molar-refractivity contribution in [1.82, 2.24) is 9.97 Å². The van der Waals surface area contributed by atoms with Gasteiger partial charge in [0.2, 0.25) is 0 Å². The van der Waals surface area contributed by atoms with E-state index < -0.39 is 11.9 Å². The van der Waals surface area contributed by atoms with E-state index in [1.54, 1.807) is 0 Å². The van der Waals surface area contributed by atoms with E-state index >= 15 is 0 Å². The highest BCUT2D eigenvalue weighted by atomic mass is 79.9. The molecular formula is C16H15BrF3N3. The molecular weight excluding hydrogens is 371 g/mol. The highest BCUT2D eigenvalue weighted by Crippen LogP contribution is 2.31. The molecule has 2 aromatic heterocycles. The van der Waals surface area contributed by atoms with Crippen LogP contribution in [-0.2, 0) is 19.1 Å². The molecule has 0 saturated heterocycles. The van der Waals surface area contributed by atoms with E-state index in [1.807, 2.05) is 6.92 Å². The molecule has 3 rings (SSSR count). The summed E-state index contributed by atoms with van der Waals surface area (Å²) >= 11 is 3.44. The Morgan fingerprint density at radius 2 is 2.09 bits per heavy atom. The molecule has 0 spiro atoms. The second-order valence-corrected chi connectivity index (χ2v) is 6.39. The van der Waals surface area contributed by atoms with Gasteiger partial charge >= 0.3 is 6.18 Å². The molecule has 0 saturated carbocycles. The second kappa shape index (κ2) is 6.11. The molecule has 7 heteroatoms. The highest BCUT2D eigenvalue weighted by Gasteiger charge is 2.32. The van der Waals surface area contributed by atoms with Crippen LogP contribution in [-0.4, -0.2) is 16.5 Å². The first kappa shape index (κ1) is 16.2. The fraction of sp³-hybridized carbons (Fsp3) is 0.375. The minimum atomic E-state index is -4.40. The Kier molecular flexibility index (Phi) is 4.31. The van der Waals surface area contributed by atoms with Crippen LogP contribution in [0.3, 0.4) is 0 Å². The number of aromatic nitrogens is 2. The molecule has 0 fully saturated rings. The lowest BCUT2D eigenvalue weighted by Crippen LogP contribution is -2.29. The van der Waals surface area contributed by atoms with Crippen molar-refractivity contribution < 1.29 is 13.2 Å². The number of nitrogens with zero attached hydrogens (tertiary/aromatic N) is 3. The summed E-state index contributed by atoms with van der Waals surface area (Å²) in [7, 11) is 0. The topological polar surface area (TPSA) is 29.0 Å². The molecule has 0 atom stereocenters. The van der Waals surface area contributed by atoms with Crippen molar-refractivity contribution in [3.63, 3.8) is 0 Å². The standard InChI is InChI=1S/C16H15BrF3N3/c1-10-7-13-12(22-15(10)17)3-2-6-23(13)9-11-4-5-14(21-8-11)16(18,19)20/h4-5,7-8H,2-3,6,9H2,1H3. The molecule has 0 unspecified atom stereocenters. The average Bonchev–Trinajstić information content (AvgIpc) is 2.49. The number of pyridine rings is 2. The summed E-state index contributed by atoms with van der Waals surface area (Å²) in [4.78, 5) is 10.2. The van der Waals surface area contributed by atoms with Gasteiger partial charge in [0, 0.05) is 19.3 Å². The quantitative estimate of drug-likeness (QED) is 0.711. The van der Waals surface area contributed by atoms with Crippen LogP contribution in [0, 0.1) is 6.92 Å². The number of halogens is 4. The van der Waals surface area contributed by atoms with Gasteiger partial charge < -0.3 is 4.90 Å². The Balaban J connectivity index is 1.83. The van der Waals surface area contributed by atoms with Crippen molar-refractivity contribution in [1.29, 1.82) is 0 Å². The van der Waals surface area contributed by atoms with E-state index in [2.05, 4.69) is 36.9 Å². The summed E-state index contributed by atoms with van der Waals surface area (Å²) in [6.45, 7) is 3.36. The summed E-state index contributed by atoms with van der Waals surface area (Å²) < 4.78 is 38.6. The largest absolute Gasteiger partial charge is 0.433 e. The molecule has 0 N–H and O–H groups in total. The third-order valence-corrected chi connectivity index (χ3v) is 4.68. The van der Waals surface area contributed by atoms with Crippen molar-refractivity contribution in [2.24, 2.45) is 0 Å². The SMILES string of the molecule is Cc1cc2c(nc1Br)CCCN2Cc1ccc(C(F)(F)F)nc1. The van der Waals surface area contributed by atoms with Gasteiger partial charge in [-0.3, -0.25) is 4.98 Å². The number of anilines is 1. The monoisotopic (exact) mass is 385 g/mol. The van der Waals surface area contributed by atoms with Gasteiger partial charge in [0.25, 0.3) is 0 Å². The number of fused-ring (bicyclic) bond motifs is 1. The fourth-order valence-corrected chi connectivity index (χ4v) is 3.03. The second-order valence-electron chi connectivity index (χ2n) is 5.64. The molecule has 0 aromatic carbocycles. The molecule has 0 radical (unpaired) electrons. The molecule has 1 aliphatic rings. The minimum Gasteiger partial charge on any atom is -0.366 e. The number of aryl methyl sites for hydroxylation is 2. The van der Waals surface area contributed by atoms with E-state index in [-0.39, 0.29) is 0 Å². The van der Waals surface area contributed by atoms with Crippen LogP contribution in [0.4, 0.5) is 18.9 Å². The van der Waals surface area contributed by atoms with Gasteiger partial charge in [0.1, 0.15) is 10.3 Å². The normalized spacial score (nSPS) is 14.7. The Morgan fingerprint density at radius 3 is 2.74 bits per heavy atom. The highest BCUT2D eigenvalue weighted by molar-refractivity contribution is 9.10. The van der Waals surface area contributed by atoms with Crippen molar-refractivity contribution in [3.05, 3.63) is 51.5 Å². The third kappa shape index (κ3) is 3.49. The van der Waals surface area contributed by atoms with Crippen LogP contribution in [0.5, 0.6) is 0 Å². The first-order valence-electron chi connectivity index (χ1n) is 7.27. The molecule has 3 heterocycles. The van der Waals surface area contributed by atoms with E-state index in [9.17, 15) is 13.2 Å². The van der Waals surface area contributed by atoms with Crippen LogP contribution < -0.4 is 4.90 Å². The lowest BCUT2D eigenvalue weighted by molar-refractivity contribution is -0.141. The molecule has 0 amide bonds. The molecule has 1 aliphatic heterocycles. The van der Waals surface area contributed by atoms with Crippen LogP contribution in [0.1, 0.15) is 28.9 Å². The lowest BCUT2D eigenvalue weighted by atomic mass is 10.1. The number of hydrogen-bond donors (Lipinski definition) is 0. The van der Waals surface area contributed by atoms with Gasteiger partial charge in [-0.1, -0.05) is 6.07 Å². The molecule has 122 valence electrons. The fourth-order valence-electron chi connectivity index (χ4n) is 2.70. The third-order valence-electron chi connectivity index (χ3n) is 3.88. The Bertz CT molecular complexity index is 714. The summed E-state index contributed by atoms with van der Waals surface area (Å²) in [6, 6.07) is 4.59. The first-order valence-corrected chi connectivity index (χ1v) is 8.07.